The van der Waals surface area contributed by atoms with Crippen LogP contribution in [0.25, 0.3) is 17.1 Å². The molecule has 0 radical (unpaired) electrons. The van der Waals surface area contributed by atoms with Gasteiger partial charge in [-0.2, -0.15) is 9.97 Å². The van der Waals surface area contributed by atoms with Crippen molar-refractivity contribution in [2.75, 3.05) is 0 Å². The molecule has 2 aromatic heterocycles. The van der Waals surface area contributed by atoms with E-state index >= 15 is 0 Å². The second-order valence-corrected chi connectivity index (χ2v) is 5.82. The van der Waals surface area contributed by atoms with Crippen LogP contribution in [0.2, 0.25) is 5.02 Å². The van der Waals surface area contributed by atoms with Crippen LogP contribution in [-0.2, 0) is 0 Å². The Morgan fingerprint density at radius 2 is 2.13 bits per heavy atom. The van der Waals surface area contributed by atoms with Crippen LogP contribution in [0.4, 0.5) is 4.39 Å². The van der Waals surface area contributed by atoms with Crippen LogP contribution in [0.15, 0.2) is 46.1 Å². The van der Waals surface area contributed by atoms with E-state index in [9.17, 15) is 9.18 Å². The molecular formula is C16H11ClFN3O2. The molecule has 4 rings (SSSR count). The average molecular weight is 332 g/mol. The minimum Gasteiger partial charge on any atom is -0.441 e. The van der Waals surface area contributed by atoms with E-state index in [1.165, 1.54) is 23.1 Å². The molecule has 1 aliphatic carbocycles. The normalized spacial score (nSPS) is 14.2. The van der Waals surface area contributed by atoms with Gasteiger partial charge in [0, 0.05) is 17.7 Å². The van der Waals surface area contributed by atoms with Crippen molar-refractivity contribution < 1.29 is 8.81 Å². The van der Waals surface area contributed by atoms with Crippen LogP contribution in [0.3, 0.4) is 0 Å². The molecule has 0 N–H and O–H groups in total. The summed E-state index contributed by atoms with van der Waals surface area (Å²) in [6, 6.07) is 6.07. The van der Waals surface area contributed by atoms with E-state index in [2.05, 4.69) is 9.97 Å². The standard InChI is InChI=1S/C16H11ClFN3O2/c17-11-4-3-10(7-12(11)18)14-15(19-8-23-14)21-6-5-13(9-1-2-9)20-16(21)22/h3-9H,1-2H2. The molecule has 7 heteroatoms. The van der Waals surface area contributed by atoms with Crippen molar-refractivity contribution in [2.24, 2.45) is 0 Å². The summed E-state index contributed by atoms with van der Waals surface area (Å²) in [5.74, 6) is 0.371. The molecule has 5 nitrogen and oxygen atoms in total. The first-order chi connectivity index (χ1) is 11.1. The summed E-state index contributed by atoms with van der Waals surface area (Å²) in [5.41, 5.74) is 0.811. The van der Waals surface area contributed by atoms with Crippen molar-refractivity contribution in [1.82, 2.24) is 14.5 Å². The maximum atomic E-state index is 13.7. The molecule has 2 heterocycles. The third kappa shape index (κ3) is 2.55. The maximum absolute atomic E-state index is 13.7. The lowest BCUT2D eigenvalue weighted by Crippen LogP contribution is -2.22. The molecule has 23 heavy (non-hydrogen) atoms. The predicted octanol–water partition coefficient (Wildman–Crippen LogP) is 3.56. The van der Waals surface area contributed by atoms with Gasteiger partial charge in [-0.05, 0) is 37.1 Å². The lowest BCUT2D eigenvalue weighted by atomic mass is 10.1. The molecule has 0 spiro atoms. The molecule has 3 aromatic rings. The smallest absolute Gasteiger partial charge is 0.353 e. The zero-order chi connectivity index (χ0) is 16.0. The van der Waals surface area contributed by atoms with E-state index in [1.54, 1.807) is 18.3 Å². The van der Waals surface area contributed by atoms with Crippen LogP contribution in [-0.4, -0.2) is 14.5 Å². The number of hydrogen-bond donors (Lipinski definition) is 0. The largest absolute Gasteiger partial charge is 0.441 e. The van der Waals surface area contributed by atoms with E-state index in [0.29, 0.717) is 11.5 Å². The first-order valence-corrected chi connectivity index (χ1v) is 7.50. The highest BCUT2D eigenvalue weighted by Crippen LogP contribution is 2.38. The van der Waals surface area contributed by atoms with Gasteiger partial charge in [-0.1, -0.05) is 11.6 Å². The van der Waals surface area contributed by atoms with Crippen molar-refractivity contribution in [3.63, 3.8) is 0 Å². The Bertz CT molecular complexity index is 946. The Labute approximate surface area is 135 Å². The van der Waals surface area contributed by atoms with Crippen molar-refractivity contribution in [2.45, 2.75) is 18.8 Å². The molecule has 0 aliphatic heterocycles. The summed E-state index contributed by atoms with van der Waals surface area (Å²) in [7, 11) is 0. The number of aromatic nitrogens is 3. The Balaban J connectivity index is 1.80. The van der Waals surface area contributed by atoms with Gasteiger partial charge in [0.2, 0.25) is 0 Å². The summed E-state index contributed by atoms with van der Waals surface area (Å²) in [6.07, 6.45) is 4.96. The van der Waals surface area contributed by atoms with Gasteiger partial charge in [0.05, 0.1) is 10.7 Å². The van der Waals surface area contributed by atoms with Crippen LogP contribution in [0, 0.1) is 5.82 Å². The summed E-state index contributed by atoms with van der Waals surface area (Å²) in [6.45, 7) is 0. The minimum atomic E-state index is -0.568. The molecule has 1 aliphatic rings. The number of hydrogen-bond acceptors (Lipinski definition) is 4. The SMILES string of the molecule is O=c1nc(C2CC2)ccn1-c1ncoc1-c1ccc(Cl)c(F)c1. The van der Waals surface area contributed by atoms with Gasteiger partial charge in [-0.15, -0.1) is 0 Å². The van der Waals surface area contributed by atoms with Gasteiger partial charge in [0.25, 0.3) is 0 Å². The molecule has 116 valence electrons. The Morgan fingerprint density at radius 3 is 2.83 bits per heavy atom. The fourth-order valence-electron chi connectivity index (χ4n) is 2.43. The zero-order valence-electron chi connectivity index (χ0n) is 11.9. The van der Waals surface area contributed by atoms with Gasteiger partial charge in [0.1, 0.15) is 5.82 Å². The van der Waals surface area contributed by atoms with Crippen molar-refractivity contribution >= 4 is 11.6 Å². The molecule has 1 fully saturated rings. The number of nitrogens with zero attached hydrogens (tertiary/aromatic N) is 3. The van der Waals surface area contributed by atoms with Crippen LogP contribution >= 0.6 is 11.6 Å². The van der Waals surface area contributed by atoms with Gasteiger partial charge in [-0.3, -0.25) is 0 Å². The van der Waals surface area contributed by atoms with Crippen LogP contribution in [0.1, 0.15) is 24.5 Å². The first kappa shape index (κ1) is 14.1. The van der Waals surface area contributed by atoms with Gasteiger partial charge in [0.15, 0.2) is 18.0 Å². The van der Waals surface area contributed by atoms with Crippen LogP contribution < -0.4 is 5.69 Å². The molecule has 0 amide bonds. The highest BCUT2D eigenvalue weighted by Gasteiger charge is 2.26. The van der Waals surface area contributed by atoms with Crippen molar-refractivity contribution in [1.29, 1.82) is 0 Å². The molecule has 0 saturated heterocycles. The molecule has 0 atom stereocenters. The lowest BCUT2D eigenvalue weighted by Gasteiger charge is -2.05. The fraction of sp³-hybridized carbons (Fsp3) is 0.188. The van der Waals surface area contributed by atoms with Crippen molar-refractivity contribution in [3.05, 3.63) is 63.9 Å². The second-order valence-electron chi connectivity index (χ2n) is 5.41. The van der Waals surface area contributed by atoms with E-state index in [-0.39, 0.29) is 16.6 Å². The molecule has 1 saturated carbocycles. The Morgan fingerprint density at radius 1 is 1.30 bits per heavy atom. The van der Waals surface area contributed by atoms with Gasteiger partial charge in [-0.25, -0.2) is 13.8 Å². The number of oxazole rings is 1. The molecule has 0 unspecified atom stereocenters. The number of benzene rings is 1. The van der Waals surface area contributed by atoms with E-state index in [4.69, 9.17) is 16.0 Å². The maximum Gasteiger partial charge on any atom is 0.353 e. The van der Waals surface area contributed by atoms with E-state index < -0.39 is 11.5 Å². The van der Waals surface area contributed by atoms with Crippen molar-refractivity contribution in [3.8, 4) is 17.1 Å². The third-order valence-electron chi connectivity index (χ3n) is 3.78. The highest BCUT2D eigenvalue weighted by molar-refractivity contribution is 6.30. The quantitative estimate of drug-likeness (QED) is 0.736. The second kappa shape index (κ2) is 5.31. The summed E-state index contributed by atoms with van der Waals surface area (Å²) >= 11 is 5.69. The third-order valence-corrected chi connectivity index (χ3v) is 4.09. The van der Waals surface area contributed by atoms with E-state index in [1.807, 2.05) is 0 Å². The number of rotatable bonds is 3. The average Bonchev–Trinajstić information content (AvgIpc) is 3.28. The summed E-state index contributed by atoms with van der Waals surface area (Å²) < 4.78 is 20.3. The zero-order valence-corrected chi connectivity index (χ0v) is 12.6. The molecule has 0 bridgehead atoms. The predicted molar refractivity (Wildman–Crippen MR) is 82.3 cm³/mol. The Hall–Kier alpha value is -2.47. The number of halogens is 2. The fourth-order valence-corrected chi connectivity index (χ4v) is 2.55. The Kier molecular flexibility index (Phi) is 3.27. The molecule has 1 aromatic carbocycles. The lowest BCUT2D eigenvalue weighted by molar-refractivity contribution is 0.569. The highest BCUT2D eigenvalue weighted by atomic mass is 35.5. The minimum absolute atomic E-state index is 0.0161. The van der Waals surface area contributed by atoms with Gasteiger partial charge < -0.3 is 4.42 Å². The topological polar surface area (TPSA) is 60.9 Å². The summed E-state index contributed by atoms with van der Waals surface area (Å²) in [4.78, 5) is 20.4. The monoisotopic (exact) mass is 331 g/mol. The van der Waals surface area contributed by atoms with Crippen LogP contribution in [0.5, 0.6) is 0 Å². The summed E-state index contributed by atoms with van der Waals surface area (Å²) in [5, 5.41) is 0.0161. The van der Waals surface area contributed by atoms with Gasteiger partial charge >= 0.3 is 5.69 Å². The molecular weight excluding hydrogens is 321 g/mol. The first-order valence-electron chi connectivity index (χ1n) is 7.12. The van der Waals surface area contributed by atoms with E-state index in [0.717, 1.165) is 18.5 Å².